The number of anilines is 2. The van der Waals surface area contributed by atoms with Gasteiger partial charge in [0.15, 0.2) is 0 Å². The lowest BCUT2D eigenvalue weighted by Gasteiger charge is -2.23. The molecule has 0 aliphatic heterocycles. The molecule has 0 spiro atoms. The van der Waals surface area contributed by atoms with Gasteiger partial charge in [0.05, 0.1) is 18.2 Å². The monoisotopic (exact) mass is 315 g/mol. The minimum Gasteiger partial charge on any atom is -0.325 e. The quantitative estimate of drug-likeness (QED) is 0.848. The molecule has 0 saturated carbocycles. The highest BCUT2D eigenvalue weighted by molar-refractivity contribution is 9.10. The molecule has 0 radical (unpaired) electrons. The number of halogens is 1. The number of hydrogen-bond acceptors (Lipinski definition) is 3. The number of benzene rings is 1. The molecule has 0 aliphatic carbocycles. The highest BCUT2D eigenvalue weighted by atomic mass is 79.9. The standard InChI is InChI=1S/C15H14BrN3/c1-12-14(16)8-9-15(18-12)19(11-5-10-17)13-6-3-2-4-7-13/h2-4,6-9H,5,11H2,1H3. The number of hydrogen-bond donors (Lipinski definition) is 0. The third kappa shape index (κ3) is 3.33. The first kappa shape index (κ1) is 13.6. The number of aryl methyl sites for hydroxylation is 1. The molecule has 3 nitrogen and oxygen atoms in total. The van der Waals surface area contributed by atoms with Crippen LogP contribution in [0.2, 0.25) is 0 Å². The molecule has 0 fully saturated rings. The molecule has 0 saturated heterocycles. The van der Waals surface area contributed by atoms with E-state index in [2.05, 4.69) is 31.9 Å². The second kappa shape index (κ2) is 6.35. The molecule has 1 aromatic heterocycles. The van der Waals surface area contributed by atoms with Gasteiger partial charge in [-0.2, -0.15) is 5.26 Å². The summed E-state index contributed by atoms with van der Waals surface area (Å²) >= 11 is 3.45. The van der Waals surface area contributed by atoms with E-state index < -0.39 is 0 Å². The van der Waals surface area contributed by atoms with E-state index in [9.17, 15) is 0 Å². The van der Waals surface area contributed by atoms with Gasteiger partial charge in [0, 0.05) is 16.7 Å². The molecule has 0 atom stereocenters. The van der Waals surface area contributed by atoms with Gasteiger partial charge in [-0.25, -0.2) is 4.98 Å². The van der Waals surface area contributed by atoms with E-state index in [1.807, 2.05) is 49.4 Å². The Morgan fingerprint density at radius 2 is 1.95 bits per heavy atom. The first-order chi connectivity index (χ1) is 9.22. The van der Waals surface area contributed by atoms with Crippen LogP contribution in [-0.2, 0) is 0 Å². The summed E-state index contributed by atoms with van der Waals surface area (Å²) in [5.41, 5.74) is 1.99. The first-order valence-corrected chi connectivity index (χ1v) is 6.84. The molecule has 2 aromatic rings. The summed E-state index contributed by atoms with van der Waals surface area (Å²) in [6, 6.07) is 16.1. The molecule has 0 aliphatic rings. The van der Waals surface area contributed by atoms with Crippen LogP contribution in [-0.4, -0.2) is 11.5 Å². The predicted molar refractivity (Wildman–Crippen MR) is 80.4 cm³/mol. The average Bonchev–Trinajstić information content (AvgIpc) is 2.44. The Morgan fingerprint density at radius 3 is 2.58 bits per heavy atom. The molecule has 19 heavy (non-hydrogen) atoms. The van der Waals surface area contributed by atoms with Crippen LogP contribution in [0.15, 0.2) is 46.9 Å². The third-order valence-corrected chi connectivity index (χ3v) is 3.64. The number of nitriles is 1. The van der Waals surface area contributed by atoms with Crippen molar-refractivity contribution in [3.63, 3.8) is 0 Å². The minimum absolute atomic E-state index is 0.464. The van der Waals surface area contributed by atoms with Crippen LogP contribution in [0.1, 0.15) is 12.1 Å². The molecular weight excluding hydrogens is 302 g/mol. The lowest BCUT2D eigenvalue weighted by atomic mass is 10.2. The Labute approximate surface area is 121 Å². The maximum atomic E-state index is 8.80. The van der Waals surface area contributed by atoms with Crippen molar-refractivity contribution in [2.75, 3.05) is 11.4 Å². The van der Waals surface area contributed by atoms with Crippen molar-refractivity contribution < 1.29 is 0 Å². The van der Waals surface area contributed by atoms with Crippen molar-refractivity contribution in [1.29, 1.82) is 5.26 Å². The number of pyridine rings is 1. The second-order valence-corrected chi connectivity index (χ2v) is 4.99. The Morgan fingerprint density at radius 1 is 1.21 bits per heavy atom. The zero-order valence-electron chi connectivity index (χ0n) is 10.7. The van der Waals surface area contributed by atoms with Crippen LogP contribution in [0.4, 0.5) is 11.5 Å². The van der Waals surface area contributed by atoms with Gasteiger partial charge in [-0.3, -0.25) is 0 Å². The van der Waals surface area contributed by atoms with Crippen molar-refractivity contribution >= 4 is 27.4 Å². The van der Waals surface area contributed by atoms with E-state index in [1.165, 1.54) is 0 Å². The van der Waals surface area contributed by atoms with Crippen molar-refractivity contribution in [2.45, 2.75) is 13.3 Å². The van der Waals surface area contributed by atoms with Gasteiger partial charge in [0.1, 0.15) is 5.82 Å². The summed E-state index contributed by atoms with van der Waals surface area (Å²) < 4.78 is 0.990. The van der Waals surface area contributed by atoms with E-state index in [0.717, 1.165) is 21.7 Å². The molecule has 1 aromatic carbocycles. The fourth-order valence-electron chi connectivity index (χ4n) is 1.83. The number of rotatable bonds is 4. The number of nitrogens with zero attached hydrogens (tertiary/aromatic N) is 3. The lowest BCUT2D eigenvalue weighted by molar-refractivity contribution is 0.920. The van der Waals surface area contributed by atoms with Crippen molar-refractivity contribution in [3.8, 4) is 6.07 Å². The van der Waals surface area contributed by atoms with Crippen molar-refractivity contribution in [2.24, 2.45) is 0 Å². The molecule has 0 N–H and O–H groups in total. The van der Waals surface area contributed by atoms with Gasteiger partial charge in [0.2, 0.25) is 0 Å². The van der Waals surface area contributed by atoms with E-state index in [0.29, 0.717) is 13.0 Å². The molecule has 0 amide bonds. The molecule has 2 rings (SSSR count). The molecule has 0 bridgehead atoms. The van der Waals surface area contributed by atoms with E-state index in [1.54, 1.807) is 0 Å². The Bertz CT molecular complexity index is 590. The Balaban J connectivity index is 2.37. The predicted octanol–water partition coefficient (Wildman–Crippen LogP) is 4.20. The van der Waals surface area contributed by atoms with E-state index in [-0.39, 0.29) is 0 Å². The number of para-hydroxylation sites is 1. The normalized spacial score (nSPS) is 9.95. The van der Waals surface area contributed by atoms with Crippen LogP contribution in [0.3, 0.4) is 0 Å². The second-order valence-electron chi connectivity index (χ2n) is 4.13. The fraction of sp³-hybridized carbons (Fsp3) is 0.200. The third-order valence-electron chi connectivity index (χ3n) is 2.80. The fourth-order valence-corrected chi connectivity index (χ4v) is 2.05. The van der Waals surface area contributed by atoms with Crippen molar-refractivity contribution in [3.05, 3.63) is 52.6 Å². The highest BCUT2D eigenvalue weighted by Crippen LogP contribution is 2.26. The van der Waals surface area contributed by atoms with Gasteiger partial charge in [-0.15, -0.1) is 0 Å². The zero-order valence-corrected chi connectivity index (χ0v) is 12.3. The summed E-state index contributed by atoms with van der Waals surface area (Å²) in [5, 5.41) is 8.80. The molecular formula is C15H14BrN3. The van der Waals surface area contributed by atoms with Crippen LogP contribution < -0.4 is 4.90 Å². The van der Waals surface area contributed by atoms with Crippen LogP contribution in [0.5, 0.6) is 0 Å². The zero-order chi connectivity index (χ0) is 13.7. The largest absolute Gasteiger partial charge is 0.325 e. The van der Waals surface area contributed by atoms with Gasteiger partial charge < -0.3 is 4.90 Å². The Hall–Kier alpha value is -1.86. The Kier molecular flexibility index (Phi) is 4.53. The molecule has 1 heterocycles. The SMILES string of the molecule is Cc1nc(N(CCC#N)c2ccccc2)ccc1Br. The van der Waals surface area contributed by atoms with Gasteiger partial charge in [0.25, 0.3) is 0 Å². The smallest absolute Gasteiger partial charge is 0.133 e. The molecule has 0 unspecified atom stereocenters. The highest BCUT2D eigenvalue weighted by Gasteiger charge is 2.11. The summed E-state index contributed by atoms with van der Waals surface area (Å²) in [6.07, 6.45) is 0.464. The summed E-state index contributed by atoms with van der Waals surface area (Å²) in [7, 11) is 0. The number of aromatic nitrogens is 1. The van der Waals surface area contributed by atoms with Gasteiger partial charge >= 0.3 is 0 Å². The van der Waals surface area contributed by atoms with Crippen LogP contribution in [0, 0.1) is 18.3 Å². The lowest BCUT2D eigenvalue weighted by Crippen LogP contribution is -2.19. The van der Waals surface area contributed by atoms with E-state index >= 15 is 0 Å². The average molecular weight is 316 g/mol. The van der Waals surface area contributed by atoms with E-state index in [4.69, 9.17) is 5.26 Å². The topological polar surface area (TPSA) is 39.9 Å². The summed E-state index contributed by atoms with van der Waals surface area (Å²) in [4.78, 5) is 6.63. The van der Waals surface area contributed by atoms with Gasteiger partial charge in [-0.05, 0) is 47.1 Å². The summed E-state index contributed by atoms with van der Waals surface area (Å²) in [6.45, 7) is 2.59. The van der Waals surface area contributed by atoms with Crippen LogP contribution >= 0.6 is 15.9 Å². The van der Waals surface area contributed by atoms with Crippen LogP contribution in [0.25, 0.3) is 0 Å². The maximum absolute atomic E-state index is 8.80. The maximum Gasteiger partial charge on any atom is 0.133 e. The molecule has 96 valence electrons. The minimum atomic E-state index is 0.464. The molecule has 4 heteroatoms. The van der Waals surface area contributed by atoms with Gasteiger partial charge in [-0.1, -0.05) is 18.2 Å². The summed E-state index contributed by atoms with van der Waals surface area (Å²) in [5.74, 6) is 0.863. The first-order valence-electron chi connectivity index (χ1n) is 6.05. The van der Waals surface area contributed by atoms with Crippen molar-refractivity contribution in [1.82, 2.24) is 4.98 Å².